The minimum absolute atomic E-state index is 0.0640. The number of hydrogen-bond acceptors (Lipinski definition) is 7. The maximum Gasteiger partial charge on any atom is 0.290 e. The average Bonchev–Trinajstić information content (AvgIpc) is 2.54. The summed E-state index contributed by atoms with van der Waals surface area (Å²) in [6.07, 6.45) is 1.26. The van der Waals surface area contributed by atoms with Gasteiger partial charge in [-0.2, -0.15) is 5.10 Å². The van der Waals surface area contributed by atoms with Gasteiger partial charge in [-0.05, 0) is 5.75 Å². The van der Waals surface area contributed by atoms with Crippen molar-refractivity contribution >= 4 is 29.6 Å². The van der Waals surface area contributed by atoms with Gasteiger partial charge in [0.05, 0.1) is 11.1 Å². The first-order valence-electron chi connectivity index (χ1n) is 6.81. The first-order chi connectivity index (χ1) is 11.5. The number of H-pyrrole nitrogens is 1. The first-order valence-corrected chi connectivity index (χ1v) is 7.80. The van der Waals surface area contributed by atoms with Crippen molar-refractivity contribution in [2.24, 2.45) is 5.10 Å². The summed E-state index contributed by atoms with van der Waals surface area (Å²) in [5.74, 6) is 0.0413. The van der Waals surface area contributed by atoms with Crippen LogP contribution < -0.4 is 11.0 Å². The molecule has 9 nitrogen and oxygen atoms in total. The third-order valence-electron chi connectivity index (χ3n) is 2.69. The molecule has 0 saturated heterocycles. The molecular formula is C14H13N5O4S. The summed E-state index contributed by atoms with van der Waals surface area (Å²) >= 11 is 1.30. The SMILES string of the molecule is CCSc1nc(C(=O)NN=Cc2cccc([N+](=O)[O-])c2)cc(=O)[nH]1. The number of carbonyl (C=O) groups is 1. The van der Waals surface area contributed by atoms with E-state index in [1.165, 1.54) is 36.2 Å². The summed E-state index contributed by atoms with van der Waals surface area (Å²) < 4.78 is 0. The smallest absolute Gasteiger partial charge is 0.290 e. The largest absolute Gasteiger partial charge is 0.301 e. The van der Waals surface area contributed by atoms with Crippen LogP contribution in [-0.4, -0.2) is 32.8 Å². The quantitative estimate of drug-likeness (QED) is 0.268. The van der Waals surface area contributed by atoms with E-state index in [-0.39, 0.29) is 11.4 Å². The number of thioether (sulfide) groups is 1. The normalized spacial score (nSPS) is 10.7. The predicted octanol–water partition coefficient (Wildman–Crippen LogP) is 1.55. The standard InChI is InChI=1S/C14H13N5O4S/c1-2-24-14-16-11(7-12(20)17-14)13(21)18-15-8-9-4-3-5-10(6-9)19(22)23/h3-8H,2H2,1H3,(H,18,21)(H,16,17,20). The Morgan fingerprint density at radius 3 is 3.00 bits per heavy atom. The molecule has 0 aliphatic heterocycles. The number of hydrogen-bond donors (Lipinski definition) is 2. The number of aromatic amines is 1. The number of hydrazone groups is 1. The van der Waals surface area contributed by atoms with E-state index in [1.54, 1.807) is 6.07 Å². The molecule has 0 spiro atoms. The van der Waals surface area contributed by atoms with Gasteiger partial charge in [0, 0.05) is 23.8 Å². The molecule has 124 valence electrons. The van der Waals surface area contributed by atoms with Gasteiger partial charge in [-0.3, -0.25) is 19.7 Å². The van der Waals surface area contributed by atoms with Gasteiger partial charge in [-0.15, -0.1) is 0 Å². The molecule has 0 saturated carbocycles. The minimum Gasteiger partial charge on any atom is -0.301 e. The highest BCUT2D eigenvalue weighted by Crippen LogP contribution is 2.11. The van der Waals surface area contributed by atoms with Crippen molar-refractivity contribution in [2.45, 2.75) is 12.1 Å². The van der Waals surface area contributed by atoms with Crippen molar-refractivity contribution in [3.63, 3.8) is 0 Å². The number of rotatable bonds is 6. The van der Waals surface area contributed by atoms with Crippen LogP contribution in [0.2, 0.25) is 0 Å². The summed E-state index contributed by atoms with van der Waals surface area (Å²) in [7, 11) is 0. The van der Waals surface area contributed by atoms with Crippen molar-refractivity contribution in [3.8, 4) is 0 Å². The molecule has 0 bridgehead atoms. The third kappa shape index (κ3) is 4.74. The number of amides is 1. The van der Waals surface area contributed by atoms with E-state index in [0.29, 0.717) is 16.5 Å². The number of nitrogens with zero attached hydrogens (tertiary/aromatic N) is 3. The summed E-state index contributed by atoms with van der Waals surface area (Å²) in [5, 5.41) is 14.7. The highest BCUT2D eigenvalue weighted by atomic mass is 32.2. The highest BCUT2D eigenvalue weighted by Gasteiger charge is 2.09. The van der Waals surface area contributed by atoms with Crippen LogP contribution >= 0.6 is 11.8 Å². The Morgan fingerprint density at radius 2 is 2.29 bits per heavy atom. The topological polar surface area (TPSA) is 130 Å². The van der Waals surface area contributed by atoms with Gasteiger partial charge < -0.3 is 4.98 Å². The predicted molar refractivity (Wildman–Crippen MR) is 89.4 cm³/mol. The summed E-state index contributed by atoms with van der Waals surface area (Å²) in [4.78, 5) is 40.2. The van der Waals surface area contributed by atoms with Gasteiger partial charge in [0.15, 0.2) is 5.16 Å². The van der Waals surface area contributed by atoms with Crippen LogP contribution in [0.5, 0.6) is 0 Å². The fraction of sp³-hybridized carbons (Fsp3) is 0.143. The number of aromatic nitrogens is 2. The molecule has 10 heteroatoms. The fourth-order valence-corrected chi connectivity index (χ4v) is 2.31. The molecule has 0 aliphatic rings. The lowest BCUT2D eigenvalue weighted by Crippen LogP contribution is -2.22. The molecular weight excluding hydrogens is 334 g/mol. The third-order valence-corrected chi connectivity index (χ3v) is 3.45. The molecule has 2 rings (SSSR count). The molecule has 1 aromatic carbocycles. The molecule has 24 heavy (non-hydrogen) atoms. The average molecular weight is 347 g/mol. The summed E-state index contributed by atoms with van der Waals surface area (Å²) in [6, 6.07) is 6.84. The van der Waals surface area contributed by atoms with E-state index in [0.717, 1.165) is 6.07 Å². The van der Waals surface area contributed by atoms with Gasteiger partial charge in [-0.25, -0.2) is 10.4 Å². The van der Waals surface area contributed by atoms with E-state index in [4.69, 9.17) is 0 Å². The molecule has 1 heterocycles. The van der Waals surface area contributed by atoms with Crippen molar-refractivity contribution < 1.29 is 9.72 Å². The highest BCUT2D eigenvalue weighted by molar-refractivity contribution is 7.99. The molecule has 0 unspecified atom stereocenters. The van der Waals surface area contributed by atoms with Crippen LogP contribution in [0.1, 0.15) is 23.0 Å². The Bertz CT molecular complexity index is 849. The number of nitro benzene ring substituents is 1. The summed E-state index contributed by atoms with van der Waals surface area (Å²) in [5.41, 5.74) is 2.10. The maximum atomic E-state index is 12.0. The lowest BCUT2D eigenvalue weighted by Gasteiger charge is -2.01. The van der Waals surface area contributed by atoms with Crippen LogP contribution in [0.25, 0.3) is 0 Å². The Balaban J connectivity index is 2.09. The lowest BCUT2D eigenvalue weighted by molar-refractivity contribution is -0.384. The Morgan fingerprint density at radius 1 is 1.50 bits per heavy atom. The van der Waals surface area contributed by atoms with E-state index in [1.807, 2.05) is 6.92 Å². The molecule has 0 aliphatic carbocycles. The molecule has 2 aromatic rings. The zero-order valence-corrected chi connectivity index (χ0v) is 13.4. The Hall–Kier alpha value is -3.01. The van der Waals surface area contributed by atoms with Crippen LogP contribution in [0, 0.1) is 10.1 Å². The fourth-order valence-electron chi connectivity index (χ4n) is 1.70. The van der Waals surface area contributed by atoms with E-state index >= 15 is 0 Å². The van der Waals surface area contributed by atoms with Gasteiger partial charge in [0.1, 0.15) is 5.69 Å². The van der Waals surface area contributed by atoms with E-state index < -0.39 is 16.4 Å². The Kier molecular flexibility index (Phi) is 5.79. The van der Waals surface area contributed by atoms with E-state index in [9.17, 15) is 19.7 Å². The molecule has 1 aromatic heterocycles. The minimum atomic E-state index is -0.652. The number of nitro groups is 1. The van der Waals surface area contributed by atoms with Gasteiger partial charge >= 0.3 is 0 Å². The molecule has 1 amide bonds. The first kappa shape index (κ1) is 17.3. The number of benzene rings is 1. The zero-order valence-electron chi connectivity index (χ0n) is 12.6. The van der Waals surface area contributed by atoms with Crippen LogP contribution in [0.15, 0.2) is 45.4 Å². The van der Waals surface area contributed by atoms with Crippen LogP contribution in [0.4, 0.5) is 5.69 Å². The molecule has 0 fully saturated rings. The monoisotopic (exact) mass is 347 g/mol. The molecule has 0 atom stereocenters. The number of non-ortho nitro benzene ring substituents is 1. The van der Waals surface area contributed by atoms with E-state index in [2.05, 4.69) is 20.5 Å². The van der Waals surface area contributed by atoms with Crippen LogP contribution in [0.3, 0.4) is 0 Å². The number of carbonyl (C=O) groups excluding carboxylic acids is 1. The van der Waals surface area contributed by atoms with Gasteiger partial charge in [-0.1, -0.05) is 30.8 Å². The number of nitrogens with one attached hydrogen (secondary N) is 2. The van der Waals surface area contributed by atoms with Gasteiger partial charge in [0.25, 0.3) is 17.2 Å². The lowest BCUT2D eigenvalue weighted by atomic mass is 10.2. The molecule has 0 radical (unpaired) electrons. The van der Waals surface area contributed by atoms with Crippen molar-refractivity contribution in [1.29, 1.82) is 0 Å². The Labute approximate surface area is 140 Å². The van der Waals surface area contributed by atoms with Crippen LogP contribution in [-0.2, 0) is 0 Å². The summed E-state index contributed by atoms with van der Waals surface area (Å²) in [6.45, 7) is 1.89. The molecule has 2 N–H and O–H groups in total. The maximum absolute atomic E-state index is 12.0. The van der Waals surface area contributed by atoms with Gasteiger partial charge in [0.2, 0.25) is 0 Å². The second-order valence-corrected chi connectivity index (χ2v) is 5.67. The second kappa shape index (κ2) is 8.02. The zero-order chi connectivity index (χ0) is 17.5. The van der Waals surface area contributed by atoms with Crippen molar-refractivity contribution in [3.05, 3.63) is 62.1 Å². The van der Waals surface area contributed by atoms with Crippen molar-refractivity contribution in [2.75, 3.05) is 5.75 Å². The second-order valence-electron chi connectivity index (χ2n) is 4.42. The van der Waals surface area contributed by atoms with Crippen molar-refractivity contribution in [1.82, 2.24) is 15.4 Å².